The normalized spacial score (nSPS) is 12.8. The van der Waals surface area contributed by atoms with E-state index in [-0.39, 0.29) is 0 Å². The minimum Gasteiger partial charge on any atom is -0.309 e. The smallest absolute Gasteiger partial charge is 0.0555 e. The van der Waals surface area contributed by atoms with Gasteiger partial charge in [-0.05, 0) is 75.8 Å². The van der Waals surface area contributed by atoms with Crippen LogP contribution in [0.5, 0.6) is 0 Å². The van der Waals surface area contributed by atoms with Gasteiger partial charge in [-0.25, -0.2) is 0 Å². The summed E-state index contributed by atoms with van der Waals surface area (Å²) in [4.78, 5) is 0. The maximum atomic E-state index is 2.46. The van der Waals surface area contributed by atoms with E-state index < -0.39 is 0 Å². The van der Waals surface area contributed by atoms with E-state index in [2.05, 4.69) is 120 Å². The quantitative estimate of drug-likeness (QED) is 0.217. The van der Waals surface area contributed by atoms with Crippen LogP contribution >= 0.6 is 11.3 Å². The lowest BCUT2D eigenvalue weighted by Gasteiger charge is -2.09. The Morgan fingerprint density at radius 3 is 2.35 bits per heavy atom. The lowest BCUT2D eigenvalue weighted by molar-refractivity contribution is 1.19. The summed E-state index contributed by atoms with van der Waals surface area (Å²) in [5.41, 5.74) is 9.47. The van der Waals surface area contributed by atoms with E-state index in [0.717, 1.165) is 6.42 Å². The van der Waals surface area contributed by atoms with Crippen molar-refractivity contribution in [2.24, 2.45) is 0 Å². The Labute approximate surface area is 217 Å². The molecule has 0 unspecified atom stereocenters. The van der Waals surface area contributed by atoms with E-state index in [9.17, 15) is 0 Å². The van der Waals surface area contributed by atoms with Gasteiger partial charge in [-0.3, -0.25) is 0 Å². The molecule has 0 bridgehead atoms. The highest BCUT2D eigenvalue weighted by molar-refractivity contribution is 7.26. The first-order chi connectivity index (χ1) is 18.3. The number of benzene rings is 6. The van der Waals surface area contributed by atoms with Crippen LogP contribution in [0.3, 0.4) is 0 Å². The third kappa shape index (κ3) is 2.63. The van der Waals surface area contributed by atoms with Gasteiger partial charge in [0.1, 0.15) is 0 Å². The van der Waals surface area contributed by atoms with Crippen LogP contribution < -0.4 is 0 Å². The predicted molar refractivity (Wildman–Crippen MR) is 159 cm³/mol. The Morgan fingerprint density at radius 1 is 0.541 bits per heavy atom. The Hall–Kier alpha value is -4.40. The van der Waals surface area contributed by atoms with Crippen molar-refractivity contribution in [3.63, 3.8) is 0 Å². The molecule has 1 aliphatic carbocycles. The number of thiophene rings is 1. The molecule has 2 heteroatoms. The van der Waals surface area contributed by atoms with Crippen molar-refractivity contribution < 1.29 is 0 Å². The number of para-hydroxylation sites is 1. The van der Waals surface area contributed by atoms with Crippen molar-refractivity contribution in [3.8, 4) is 16.8 Å². The molecular formula is C35H21NS. The highest BCUT2D eigenvalue weighted by Crippen LogP contribution is 2.48. The molecule has 0 saturated heterocycles. The van der Waals surface area contributed by atoms with Gasteiger partial charge in [0.2, 0.25) is 0 Å². The van der Waals surface area contributed by atoms with Crippen LogP contribution in [-0.2, 0) is 6.42 Å². The Kier molecular flexibility index (Phi) is 3.78. The second-order valence-corrected chi connectivity index (χ2v) is 11.2. The number of nitrogens with zero attached hydrogens (tertiary/aromatic N) is 1. The maximum Gasteiger partial charge on any atom is 0.0555 e. The van der Waals surface area contributed by atoms with Gasteiger partial charge in [0.25, 0.3) is 0 Å². The summed E-state index contributed by atoms with van der Waals surface area (Å²) < 4.78 is 5.17. The molecule has 0 aliphatic heterocycles. The summed E-state index contributed by atoms with van der Waals surface area (Å²) in [5, 5.41) is 7.96. The first-order valence-corrected chi connectivity index (χ1v) is 13.6. The topological polar surface area (TPSA) is 4.93 Å². The molecule has 6 aromatic carbocycles. The molecule has 8 aromatic rings. The zero-order chi connectivity index (χ0) is 24.1. The van der Waals surface area contributed by atoms with Gasteiger partial charge in [-0.1, -0.05) is 78.9 Å². The summed E-state index contributed by atoms with van der Waals surface area (Å²) in [6.45, 7) is 0. The standard InChI is InChI=1S/C35H21NS/c1-2-8-22-18-25(15-13-21(22)7-1)36-30-12-6-5-11-27(30)28-19-29-33(20-31(28)36)37-32-16-14-24-17-23-9-3-4-10-26(23)34(24)35(29)32/h1-16,18-20H,17H2. The summed E-state index contributed by atoms with van der Waals surface area (Å²) in [7, 11) is 0. The van der Waals surface area contributed by atoms with Crippen LogP contribution in [0, 0.1) is 0 Å². The van der Waals surface area contributed by atoms with Gasteiger partial charge in [0.15, 0.2) is 0 Å². The van der Waals surface area contributed by atoms with Gasteiger partial charge < -0.3 is 4.57 Å². The molecule has 0 saturated carbocycles. The van der Waals surface area contributed by atoms with Crippen molar-refractivity contribution in [2.75, 3.05) is 0 Å². The molecule has 0 amide bonds. The highest BCUT2D eigenvalue weighted by atomic mass is 32.1. The molecule has 0 atom stereocenters. The van der Waals surface area contributed by atoms with Crippen LogP contribution in [0.15, 0.2) is 115 Å². The molecule has 1 nitrogen and oxygen atoms in total. The monoisotopic (exact) mass is 487 g/mol. The van der Waals surface area contributed by atoms with Crippen molar-refractivity contribution >= 4 is 64.1 Å². The number of hydrogen-bond donors (Lipinski definition) is 0. The zero-order valence-corrected chi connectivity index (χ0v) is 20.8. The van der Waals surface area contributed by atoms with Crippen LogP contribution in [0.2, 0.25) is 0 Å². The average Bonchev–Trinajstić information content (AvgIpc) is 3.60. The minimum atomic E-state index is 1.03. The molecule has 1 aliphatic rings. The third-order valence-electron chi connectivity index (χ3n) is 8.18. The van der Waals surface area contributed by atoms with Crippen LogP contribution in [0.25, 0.3) is 69.6 Å². The van der Waals surface area contributed by atoms with E-state index in [4.69, 9.17) is 0 Å². The van der Waals surface area contributed by atoms with Crippen molar-refractivity contribution in [1.82, 2.24) is 4.57 Å². The van der Waals surface area contributed by atoms with E-state index >= 15 is 0 Å². The van der Waals surface area contributed by atoms with Crippen LogP contribution in [-0.4, -0.2) is 4.57 Å². The third-order valence-corrected chi connectivity index (χ3v) is 9.29. The van der Waals surface area contributed by atoms with Crippen molar-refractivity contribution in [1.29, 1.82) is 0 Å². The maximum absolute atomic E-state index is 2.46. The Morgan fingerprint density at radius 2 is 1.38 bits per heavy atom. The molecule has 2 heterocycles. The van der Waals surface area contributed by atoms with Gasteiger partial charge in [0.05, 0.1) is 11.0 Å². The molecule has 37 heavy (non-hydrogen) atoms. The van der Waals surface area contributed by atoms with Gasteiger partial charge >= 0.3 is 0 Å². The molecule has 0 spiro atoms. The Bertz CT molecular complexity index is 2230. The molecule has 0 N–H and O–H groups in total. The number of fused-ring (bicyclic) bond motifs is 11. The molecule has 0 radical (unpaired) electrons. The summed E-state index contributed by atoms with van der Waals surface area (Å²) in [6.07, 6.45) is 1.03. The summed E-state index contributed by atoms with van der Waals surface area (Å²) in [6, 6.07) is 42.8. The van der Waals surface area contributed by atoms with Crippen LogP contribution in [0.4, 0.5) is 0 Å². The van der Waals surface area contributed by atoms with E-state index in [1.54, 1.807) is 0 Å². The molecular weight excluding hydrogens is 466 g/mol. The lowest BCUT2D eigenvalue weighted by atomic mass is 9.98. The van der Waals surface area contributed by atoms with E-state index in [0.29, 0.717) is 0 Å². The lowest BCUT2D eigenvalue weighted by Crippen LogP contribution is -1.93. The first kappa shape index (κ1) is 19.7. The minimum absolute atomic E-state index is 1.03. The molecule has 9 rings (SSSR count). The van der Waals surface area contributed by atoms with Crippen molar-refractivity contribution in [2.45, 2.75) is 6.42 Å². The molecule has 2 aromatic heterocycles. The predicted octanol–water partition coefficient (Wildman–Crippen LogP) is 9.88. The summed E-state index contributed by atoms with van der Waals surface area (Å²) in [5.74, 6) is 0. The van der Waals surface area contributed by atoms with Crippen LogP contribution in [0.1, 0.15) is 11.1 Å². The summed E-state index contributed by atoms with van der Waals surface area (Å²) >= 11 is 1.92. The SMILES string of the molecule is c1ccc2c(c1)Cc1ccc3sc4cc5c(cc4c3c1-2)c1ccccc1n5-c1ccc2ccccc2c1. The van der Waals surface area contributed by atoms with Gasteiger partial charge in [-0.2, -0.15) is 0 Å². The zero-order valence-electron chi connectivity index (χ0n) is 20.0. The van der Waals surface area contributed by atoms with Crippen molar-refractivity contribution in [3.05, 3.63) is 126 Å². The Balaban J connectivity index is 1.41. The number of aromatic nitrogens is 1. The molecule has 0 fully saturated rings. The average molecular weight is 488 g/mol. The second kappa shape index (κ2) is 7.09. The highest BCUT2D eigenvalue weighted by Gasteiger charge is 2.23. The molecule has 172 valence electrons. The second-order valence-electron chi connectivity index (χ2n) is 10.2. The van der Waals surface area contributed by atoms with Gasteiger partial charge in [0, 0.05) is 36.6 Å². The van der Waals surface area contributed by atoms with E-state index in [1.165, 1.54) is 80.7 Å². The van der Waals surface area contributed by atoms with Gasteiger partial charge in [-0.15, -0.1) is 11.3 Å². The number of hydrogen-bond acceptors (Lipinski definition) is 1. The first-order valence-electron chi connectivity index (χ1n) is 12.8. The van der Waals surface area contributed by atoms with E-state index in [1.807, 2.05) is 11.3 Å². The fraction of sp³-hybridized carbons (Fsp3) is 0.0286. The fourth-order valence-corrected chi connectivity index (χ4v) is 7.67. The largest absolute Gasteiger partial charge is 0.309 e. The number of rotatable bonds is 1. The fourth-order valence-electron chi connectivity index (χ4n) is 6.55.